The zero-order chi connectivity index (χ0) is 18.2. The Hall–Kier alpha value is -1.76. The van der Waals surface area contributed by atoms with E-state index in [1.165, 1.54) is 17.7 Å². The van der Waals surface area contributed by atoms with Crippen LogP contribution in [0.25, 0.3) is 0 Å². The Labute approximate surface area is 151 Å². The second-order valence-electron chi connectivity index (χ2n) is 5.94. The van der Waals surface area contributed by atoms with Gasteiger partial charge in [0.15, 0.2) is 0 Å². The quantitative estimate of drug-likeness (QED) is 0.582. The summed E-state index contributed by atoms with van der Waals surface area (Å²) in [5, 5.41) is 0. The second-order valence-corrected chi connectivity index (χ2v) is 6.79. The van der Waals surface area contributed by atoms with Crippen LogP contribution in [0.15, 0.2) is 46.9 Å². The maximum atomic E-state index is 13.0. The van der Waals surface area contributed by atoms with Crippen LogP contribution in [0.4, 0.5) is 23.2 Å². The van der Waals surface area contributed by atoms with Crippen molar-refractivity contribution in [3.05, 3.63) is 58.1 Å². The van der Waals surface area contributed by atoms with Gasteiger partial charge in [0.2, 0.25) is 0 Å². The number of benzene rings is 2. The van der Waals surface area contributed by atoms with Crippen LogP contribution in [0, 0.1) is 0 Å². The van der Waals surface area contributed by atoms with Gasteiger partial charge in [-0.25, -0.2) is 0 Å². The third-order valence-electron chi connectivity index (χ3n) is 4.38. The van der Waals surface area contributed by atoms with Gasteiger partial charge in [0, 0.05) is 17.2 Å². The van der Waals surface area contributed by atoms with Crippen LogP contribution in [0.5, 0.6) is 5.75 Å². The summed E-state index contributed by atoms with van der Waals surface area (Å²) in [4.78, 5) is 2.13. The lowest BCUT2D eigenvalue weighted by molar-refractivity contribution is -0.253. The Morgan fingerprint density at radius 1 is 1.16 bits per heavy atom. The van der Waals surface area contributed by atoms with Crippen molar-refractivity contribution in [3.63, 3.8) is 0 Å². The van der Waals surface area contributed by atoms with E-state index in [1.807, 2.05) is 25.2 Å². The highest BCUT2D eigenvalue weighted by Crippen LogP contribution is 2.40. The molecule has 0 amide bonds. The van der Waals surface area contributed by atoms with E-state index in [1.54, 1.807) is 12.1 Å². The minimum absolute atomic E-state index is 0.0754. The van der Waals surface area contributed by atoms with Crippen LogP contribution in [-0.4, -0.2) is 19.6 Å². The van der Waals surface area contributed by atoms with Crippen LogP contribution in [0.3, 0.4) is 0 Å². The number of rotatable bonds is 4. The Morgan fingerprint density at radius 3 is 2.48 bits per heavy atom. The number of ether oxygens (including phenoxy) is 1. The predicted molar refractivity (Wildman–Crippen MR) is 91.6 cm³/mol. The fourth-order valence-corrected chi connectivity index (χ4v) is 3.67. The predicted octanol–water partition coefficient (Wildman–Crippen LogP) is 5.81. The lowest BCUT2D eigenvalue weighted by Crippen LogP contribution is -2.33. The number of nitrogens with zero attached hydrogens (tertiary/aromatic N) is 1. The van der Waals surface area contributed by atoms with Gasteiger partial charge in [0.25, 0.3) is 0 Å². The number of hydrogen-bond acceptors (Lipinski definition) is 2. The maximum Gasteiger partial charge on any atom is 0.461 e. The molecule has 1 aliphatic rings. The van der Waals surface area contributed by atoms with Crippen LogP contribution in [-0.2, 0) is 6.42 Å². The first-order valence-electron chi connectivity index (χ1n) is 7.75. The fourth-order valence-electron chi connectivity index (χ4n) is 3.12. The van der Waals surface area contributed by atoms with E-state index in [9.17, 15) is 17.6 Å². The van der Waals surface area contributed by atoms with Gasteiger partial charge >= 0.3 is 12.5 Å². The SMILES string of the molecule is CN1c2cccc(Br)c2CCC1c1ccc(OC(F)(F)C(F)F)cc1. The molecule has 2 aromatic rings. The van der Waals surface area contributed by atoms with Crippen LogP contribution in [0.2, 0.25) is 0 Å². The third kappa shape index (κ3) is 3.61. The molecule has 0 radical (unpaired) electrons. The van der Waals surface area contributed by atoms with Gasteiger partial charge < -0.3 is 9.64 Å². The van der Waals surface area contributed by atoms with Crippen molar-refractivity contribution in [2.45, 2.75) is 31.4 Å². The molecule has 2 nitrogen and oxygen atoms in total. The van der Waals surface area contributed by atoms with E-state index < -0.39 is 12.5 Å². The summed E-state index contributed by atoms with van der Waals surface area (Å²) in [7, 11) is 1.98. The third-order valence-corrected chi connectivity index (χ3v) is 5.13. The largest absolute Gasteiger partial charge is 0.461 e. The zero-order valence-corrected chi connectivity index (χ0v) is 14.9. The molecule has 134 valence electrons. The van der Waals surface area contributed by atoms with Crippen molar-refractivity contribution in [2.75, 3.05) is 11.9 Å². The smallest absolute Gasteiger partial charge is 0.428 e. The van der Waals surface area contributed by atoms with Crippen LogP contribution < -0.4 is 9.64 Å². The maximum absolute atomic E-state index is 13.0. The molecule has 1 heterocycles. The highest BCUT2D eigenvalue weighted by atomic mass is 79.9. The summed E-state index contributed by atoms with van der Waals surface area (Å²) < 4.78 is 55.5. The molecular formula is C18H16BrF4NO. The molecule has 0 aliphatic carbocycles. The summed E-state index contributed by atoms with van der Waals surface area (Å²) in [5.41, 5.74) is 3.26. The normalized spacial score (nSPS) is 17.6. The van der Waals surface area contributed by atoms with Gasteiger partial charge in [-0.05, 0) is 48.2 Å². The number of anilines is 1. The van der Waals surface area contributed by atoms with E-state index in [-0.39, 0.29) is 11.8 Å². The first-order valence-corrected chi connectivity index (χ1v) is 8.54. The molecule has 0 spiro atoms. The minimum atomic E-state index is -4.49. The fraction of sp³-hybridized carbons (Fsp3) is 0.333. The van der Waals surface area contributed by atoms with Gasteiger partial charge in [0.05, 0.1) is 6.04 Å². The number of alkyl halides is 4. The number of halogens is 5. The summed E-state index contributed by atoms with van der Waals surface area (Å²) >= 11 is 3.56. The summed E-state index contributed by atoms with van der Waals surface area (Å²) in [6.07, 6.45) is -6.62. The monoisotopic (exact) mass is 417 g/mol. The summed E-state index contributed by atoms with van der Waals surface area (Å²) in [5.74, 6) is -0.282. The molecular weight excluding hydrogens is 402 g/mol. The first kappa shape index (κ1) is 18.0. The Bertz CT molecular complexity index is 751. The first-order chi connectivity index (χ1) is 11.8. The Morgan fingerprint density at radius 2 is 1.84 bits per heavy atom. The van der Waals surface area contributed by atoms with Crippen molar-refractivity contribution in [1.82, 2.24) is 0 Å². The molecule has 3 rings (SSSR count). The van der Waals surface area contributed by atoms with Crippen molar-refractivity contribution < 1.29 is 22.3 Å². The van der Waals surface area contributed by atoms with Gasteiger partial charge in [-0.2, -0.15) is 17.6 Å². The van der Waals surface area contributed by atoms with Crippen LogP contribution >= 0.6 is 15.9 Å². The highest BCUT2D eigenvalue weighted by molar-refractivity contribution is 9.10. The summed E-state index contributed by atoms with van der Waals surface area (Å²) in [6, 6.07) is 12.0. The lowest BCUT2D eigenvalue weighted by Gasteiger charge is -2.37. The van der Waals surface area contributed by atoms with Crippen molar-refractivity contribution >= 4 is 21.6 Å². The van der Waals surface area contributed by atoms with E-state index >= 15 is 0 Å². The lowest BCUT2D eigenvalue weighted by atomic mass is 9.92. The molecule has 7 heteroatoms. The van der Waals surface area contributed by atoms with Gasteiger partial charge in [-0.3, -0.25) is 0 Å². The molecule has 0 saturated carbocycles. The average Bonchev–Trinajstić information content (AvgIpc) is 2.56. The molecule has 1 aliphatic heterocycles. The molecule has 0 aromatic heterocycles. The minimum Gasteiger partial charge on any atom is -0.428 e. The standard InChI is InChI=1S/C18H16BrF4NO/c1-24-15(10-9-13-14(19)3-2-4-16(13)24)11-5-7-12(8-6-11)25-18(22,23)17(20)21/h2-8,15,17H,9-10H2,1H3. The molecule has 1 atom stereocenters. The second kappa shape index (κ2) is 6.86. The average molecular weight is 418 g/mol. The number of hydrogen-bond donors (Lipinski definition) is 0. The molecule has 0 saturated heterocycles. The number of fused-ring (bicyclic) bond motifs is 1. The topological polar surface area (TPSA) is 12.5 Å². The van der Waals surface area contributed by atoms with Crippen LogP contribution in [0.1, 0.15) is 23.6 Å². The molecule has 1 unspecified atom stereocenters. The Kier molecular flexibility index (Phi) is 4.95. The van der Waals surface area contributed by atoms with E-state index in [0.717, 1.165) is 28.6 Å². The summed E-state index contributed by atoms with van der Waals surface area (Å²) in [6.45, 7) is 0. The van der Waals surface area contributed by atoms with Gasteiger partial charge in [0.1, 0.15) is 5.75 Å². The van der Waals surface area contributed by atoms with E-state index in [0.29, 0.717) is 0 Å². The van der Waals surface area contributed by atoms with Crippen molar-refractivity contribution in [1.29, 1.82) is 0 Å². The van der Waals surface area contributed by atoms with E-state index in [2.05, 4.69) is 25.6 Å². The molecule has 0 fully saturated rings. The zero-order valence-electron chi connectivity index (χ0n) is 13.4. The molecule has 0 bridgehead atoms. The van der Waals surface area contributed by atoms with Gasteiger partial charge in [-0.1, -0.05) is 34.1 Å². The molecule has 0 N–H and O–H groups in total. The van der Waals surface area contributed by atoms with Crippen molar-refractivity contribution in [2.24, 2.45) is 0 Å². The molecule has 2 aromatic carbocycles. The van der Waals surface area contributed by atoms with Gasteiger partial charge in [-0.15, -0.1) is 0 Å². The molecule has 25 heavy (non-hydrogen) atoms. The van der Waals surface area contributed by atoms with Crippen molar-refractivity contribution in [3.8, 4) is 5.75 Å². The van der Waals surface area contributed by atoms with E-state index in [4.69, 9.17) is 0 Å². The highest BCUT2D eigenvalue weighted by Gasteiger charge is 2.44. The Balaban J connectivity index is 1.79.